The standard InChI is InChI=1S/C18H21N3O3/c1-13(2)24-18(23)15(9-8-14-6-4-3-5-7-14)21-17(22)16-12-19-10-11-20-16/h3-7,10-13,15H,8-9H2,1-2H3,(H,21,22)/t15-/m0/s1. The fourth-order valence-electron chi connectivity index (χ4n) is 2.17. The lowest BCUT2D eigenvalue weighted by Crippen LogP contribution is -2.43. The monoisotopic (exact) mass is 327 g/mol. The molecule has 0 saturated carbocycles. The largest absolute Gasteiger partial charge is 0.461 e. The number of aromatic nitrogens is 2. The maximum absolute atomic E-state index is 12.3. The molecule has 6 nitrogen and oxygen atoms in total. The number of nitrogens with zero attached hydrogens (tertiary/aromatic N) is 2. The first-order valence-corrected chi connectivity index (χ1v) is 7.87. The highest BCUT2D eigenvalue weighted by Gasteiger charge is 2.24. The lowest BCUT2D eigenvalue weighted by atomic mass is 10.1. The Labute approximate surface area is 141 Å². The van der Waals surface area contributed by atoms with Gasteiger partial charge in [0.15, 0.2) is 0 Å². The van der Waals surface area contributed by atoms with Crippen LogP contribution in [0.5, 0.6) is 0 Å². The van der Waals surface area contributed by atoms with Gasteiger partial charge >= 0.3 is 5.97 Å². The Bertz CT molecular complexity index is 660. The number of aryl methyl sites for hydroxylation is 1. The Kier molecular flexibility index (Phi) is 6.42. The minimum Gasteiger partial charge on any atom is -0.461 e. The van der Waals surface area contributed by atoms with E-state index in [1.54, 1.807) is 13.8 Å². The van der Waals surface area contributed by atoms with Gasteiger partial charge in [-0.15, -0.1) is 0 Å². The van der Waals surface area contributed by atoms with Crippen LogP contribution in [0.15, 0.2) is 48.9 Å². The van der Waals surface area contributed by atoms with E-state index in [1.807, 2.05) is 30.3 Å². The maximum Gasteiger partial charge on any atom is 0.328 e. The molecule has 2 rings (SSSR count). The number of hydrogen-bond acceptors (Lipinski definition) is 5. The highest BCUT2D eigenvalue weighted by Crippen LogP contribution is 2.08. The molecule has 0 radical (unpaired) electrons. The molecular weight excluding hydrogens is 306 g/mol. The highest BCUT2D eigenvalue weighted by atomic mass is 16.5. The molecule has 126 valence electrons. The number of ether oxygens (including phenoxy) is 1. The molecule has 0 aliphatic heterocycles. The van der Waals surface area contributed by atoms with Gasteiger partial charge in [0.2, 0.25) is 0 Å². The summed E-state index contributed by atoms with van der Waals surface area (Å²) in [7, 11) is 0. The number of carbonyl (C=O) groups excluding carboxylic acids is 2. The van der Waals surface area contributed by atoms with Gasteiger partial charge in [-0.1, -0.05) is 30.3 Å². The van der Waals surface area contributed by atoms with Gasteiger partial charge in [0.25, 0.3) is 5.91 Å². The van der Waals surface area contributed by atoms with Crippen LogP contribution in [0.25, 0.3) is 0 Å². The molecule has 0 saturated heterocycles. The highest BCUT2D eigenvalue weighted by molar-refractivity contribution is 5.94. The second kappa shape index (κ2) is 8.76. The third-order valence-corrected chi connectivity index (χ3v) is 3.30. The number of carbonyl (C=O) groups is 2. The molecule has 1 heterocycles. The lowest BCUT2D eigenvalue weighted by Gasteiger charge is -2.19. The first-order valence-electron chi connectivity index (χ1n) is 7.87. The van der Waals surface area contributed by atoms with Gasteiger partial charge in [-0.25, -0.2) is 9.78 Å². The molecule has 1 atom stereocenters. The van der Waals surface area contributed by atoms with Crippen LogP contribution in [-0.2, 0) is 16.0 Å². The lowest BCUT2D eigenvalue weighted by molar-refractivity contribution is -0.149. The fourth-order valence-corrected chi connectivity index (χ4v) is 2.17. The topological polar surface area (TPSA) is 81.2 Å². The van der Waals surface area contributed by atoms with E-state index in [0.717, 1.165) is 5.56 Å². The van der Waals surface area contributed by atoms with Crippen LogP contribution in [0.3, 0.4) is 0 Å². The molecule has 2 aromatic rings. The smallest absolute Gasteiger partial charge is 0.328 e. The van der Waals surface area contributed by atoms with Crippen molar-refractivity contribution in [3.05, 3.63) is 60.2 Å². The van der Waals surface area contributed by atoms with Gasteiger partial charge in [-0.05, 0) is 32.3 Å². The predicted octanol–water partition coefficient (Wildman–Crippen LogP) is 2.16. The number of esters is 1. The molecule has 0 unspecified atom stereocenters. The van der Waals surface area contributed by atoms with Crippen molar-refractivity contribution in [3.63, 3.8) is 0 Å². The van der Waals surface area contributed by atoms with Crippen LogP contribution in [-0.4, -0.2) is 34.0 Å². The maximum atomic E-state index is 12.3. The summed E-state index contributed by atoms with van der Waals surface area (Å²) in [6, 6.07) is 9.04. The predicted molar refractivity (Wildman–Crippen MR) is 89.3 cm³/mol. The molecule has 1 aromatic carbocycles. The molecule has 6 heteroatoms. The Hall–Kier alpha value is -2.76. The van der Waals surface area contributed by atoms with Crippen molar-refractivity contribution >= 4 is 11.9 Å². The molecular formula is C18H21N3O3. The van der Waals surface area contributed by atoms with E-state index >= 15 is 0 Å². The van der Waals surface area contributed by atoms with Crippen molar-refractivity contribution in [2.45, 2.75) is 38.8 Å². The van der Waals surface area contributed by atoms with E-state index in [0.29, 0.717) is 12.8 Å². The van der Waals surface area contributed by atoms with Crippen molar-refractivity contribution in [1.82, 2.24) is 15.3 Å². The van der Waals surface area contributed by atoms with Crippen LogP contribution in [0.2, 0.25) is 0 Å². The number of benzene rings is 1. The number of amides is 1. The second-order valence-electron chi connectivity index (χ2n) is 5.63. The number of nitrogens with one attached hydrogen (secondary N) is 1. The third kappa shape index (κ3) is 5.46. The minimum atomic E-state index is -0.734. The molecule has 0 bridgehead atoms. The van der Waals surface area contributed by atoms with E-state index in [9.17, 15) is 9.59 Å². The second-order valence-corrected chi connectivity index (χ2v) is 5.63. The van der Waals surface area contributed by atoms with Crippen LogP contribution < -0.4 is 5.32 Å². The summed E-state index contributed by atoms with van der Waals surface area (Å²) in [5.41, 5.74) is 1.26. The normalized spacial score (nSPS) is 11.8. The Balaban J connectivity index is 2.04. The van der Waals surface area contributed by atoms with Crippen LogP contribution in [0, 0.1) is 0 Å². The average molecular weight is 327 g/mol. The fraction of sp³-hybridized carbons (Fsp3) is 0.333. The van der Waals surface area contributed by atoms with Gasteiger partial charge in [0.1, 0.15) is 11.7 Å². The molecule has 0 fully saturated rings. The van der Waals surface area contributed by atoms with Crippen molar-refractivity contribution in [1.29, 1.82) is 0 Å². The summed E-state index contributed by atoms with van der Waals surface area (Å²) in [6.07, 6.45) is 5.13. The van der Waals surface area contributed by atoms with E-state index in [1.165, 1.54) is 18.6 Å². The van der Waals surface area contributed by atoms with Crippen molar-refractivity contribution in [3.8, 4) is 0 Å². The average Bonchev–Trinajstić information content (AvgIpc) is 2.59. The van der Waals surface area contributed by atoms with Gasteiger partial charge in [0.05, 0.1) is 12.3 Å². The molecule has 1 aromatic heterocycles. The van der Waals surface area contributed by atoms with E-state index in [-0.39, 0.29) is 11.8 Å². The Morgan fingerprint density at radius 2 is 1.92 bits per heavy atom. The minimum absolute atomic E-state index is 0.166. The SMILES string of the molecule is CC(C)OC(=O)[C@H](CCc1ccccc1)NC(=O)c1cnccn1. The third-order valence-electron chi connectivity index (χ3n) is 3.30. The van der Waals surface area contributed by atoms with Gasteiger partial charge < -0.3 is 10.1 Å². The van der Waals surface area contributed by atoms with Crippen molar-refractivity contribution in [2.24, 2.45) is 0 Å². The first kappa shape index (κ1) is 17.6. The Morgan fingerprint density at radius 3 is 2.54 bits per heavy atom. The molecule has 1 amide bonds. The van der Waals surface area contributed by atoms with E-state index in [4.69, 9.17) is 4.74 Å². The van der Waals surface area contributed by atoms with Gasteiger partial charge in [-0.3, -0.25) is 9.78 Å². The molecule has 0 aliphatic carbocycles. The van der Waals surface area contributed by atoms with Crippen LogP contribution in [0.1, 0.15) is 36.3 Å². The molecule has 24 heavy (non-hydrogen) atoms. The number of rotatable bonds is 7. The van der Waals surface area contributed by atoms with Crippen molar-refractivity contribution in [2.75, 3.05) is 0 Å². The van der Waals surface area contributed by atoms with Crippen LogP contribution in [0.4, 0.5) is 0 Å². The summed E-state index contributed by atoms with van der Waals surface area (Å²) < 4.78 is 5.25. The van der Waals surface area contributed by atoms with E-state index < -0.39 is 17.9 Å². The molecule has 0 aliphatic rings. The van der Waals surface area contributed by atoms with Gasteiger partial charge in [-0.2, -0.15) is 0 Å². The summed E-state index contributed by atoms with van der Waals surface area (Å²) in [4.78, 5) is 32.3. The molecule has 1 N–H and O–H groups in total. The molecule has 0 spiro atoms. The van der Waals surface area contributed by atoms with E-state index in [2.05, 4.69) is 15.3 Å². The summed E-state index contributed by atoms with van der Waals surface area (Å²) in [5.74, 6) is -0.889. The van der Waals surface area contributed by atoms with Crippen molar-refractivity contribution < 1.29 is 14.3 Å². The first-order chi connectivity index (χ1) is 11.6. The van der Waals surface area contributed by atoms with Gasteiger partial charge in [0, 0.05) is 12.4 Å². The summed E-state index contributed by atoms with van der Waals surface area (Å²) in [6.45, 7) is 3.55. The summed E-state index contributed by atoms with van der Waals surface area (Å²) >= 11 is 0. The Morgan fingerprint density at radius 1 is 1.17 bits per heavy atom. The zero-order valence-corrected chi connectivity index (χ0v) is 13.8. The quantitative estimate of drug-likeness (QED) is 0.788. The van der Waals surface area contributed by atoms with Crippen LogP contribution >= 0.6 is 0 Å². The summed E-state index contributed by atoms with van der Waals surface area (Å²) in [5, 5.41) is 2.69. The zero-order chi connectivity index (χ0) is 17.4. The number of hydrogen-bond donors (Lipinski definition) is 1. The zero-order valence-electron chi connectivity index (χ0n) is 13.8.